The molecule has 1 nitrogen and oxygen atoms in total. The molecule has 0 amide bonds. The number of benzene rings is 1. The highest BCUT2D eigenvalue weighted by molar-refractivity contribution is 6.08. The Balaban J connectivity index is 0.00000191. The standard InChI is InChI=1S/C18H24O.C2H6/c1-5-9-14(2)15(3)12-13-16(4)18(19)17-10-7-6-8-11-17;1-2/h6-8,10-14H,5,9H2,1-4H3;1-2H3/b15-12+,16-13+;. The zero-order valence-corrected chi connectivity index (χ0v) is 14.4. The Hall–Kier alpha value is -1.63. The fourth-order valence-corrected chi connectivity index (χ4v) is 1.97. The first-order chi connectivity index (χ1) is 10.1. The number of ketones is 1. The first kappa shape index (κ1) is 19.4. The highest BCUT2D eigenvalue weighted by Crippen LogP contribution is 2.16. The van der Waals surface area contributed by atoms with Gasteiger partial charge in [0.25, 0.3) is 0 Å². The smallest absolute Gasteiger partial charge is 0.188 e. The van der Waals surface area contributed by atoms with E-state index in [-0.39, 0.29) is 5.78 Å². The fourth-order valence-electron chi connectivity index (χ4n) is 1.97. The molecule has 0 saturated heterocycles. The number of carbonyl (C=O) groups excluding carboxylic acids is 1. The Morgan fingerprint density at radius 1 is 1.10 bits per heavy atom. The molecule has 0 radical (unpaired) electrons. The molecule has 0 aliphatic rings. The maximum Gasteiger partial charge on any atom is 0.188 e. The number of rotatable bonds is 6. The molecule has 0 heterocycles. The first-order valence-corrected chi connectivity index (χ1v) is 8.01. The van der Waals surface area contributed by atoms with Gasteiger partial charge in [0, 0.05) is 5.56 Å². The number of allylic oxidation sites excluding steroid dienone is 4. The van der Waals surface area contributed by atoms with Gasteiger partial charge in [-0.2, -0.15) is 0 Å². The molecule has 0 aliphatic heterocycles. The van der Waals surface area contributed by atoms with E-state index in [9.17, 15) is 4.79 Å². The van der Waals surface area contributed by atoms with Crippen molar-refractivity contribution in [2.75, 3.05) is 0 Å². The normalized spacial score (nSPS) is 13.2. The summed E-state index contributed by atoms with van der Waals surface area (Å²) in [6.45, 7) is 12.4. The Bertz CT molecular complexity index is 466. The lowest BCUT2D eigenvalue weighted by Crippen LogP contribution is -2.00. The Kier molecular flexibility index (Phi) is 10.2. The Labute approximate surface area is 130 Å². The van der Waals surface area contributed by atoms with E-state index in [2.05, 4.69) is 26.8 Å². The van der Waals surface area contributed by atoms with Gasteiger partial charge in [0.1, 0.15) is 0 Å². The Morgan fingerprint density at radius 2 is 1.67 bits per heavy atom. The summed E-state index contributed by atoms with van der Waals surface area (Å²) in [5, 5.41) is 0. The molecule has 0 fully saturated rings. The average molecular weight is 286 g/mol. The van der Waals surface area contributed by atoms with Crippen LogP contribution in [0.2, 0.25) is 0 Å². The van der Waals surface area contributed by atoms with Crippen LogP contribution in [0.3, 0.4) is 0 Å². The highest BCUT2D eigenvalue weighted by Gasteiger charge is 2.06. The van der Waals surface area contributed by atoms with Crippen molar-refractivity contribution in [3.63, 3.8) is 0 Å². The number of Topliss-reactive ketones (excluding diaryl/α,β-unsaturated/α-hetero) is 1. The van der Waals surface area contributed by atoms with Crippen molar-refractivity contribution < 1.29 is 4.79 Å². The minimum Gasteiger partial charge on any atom is -0.289 e. The molecule has 0 N–H and O–H groups in total. The van der Waals surface area contributed by atoms with Crippen molar-refractivity contribution in [2.45, 2.75) is 54.4 Å². The van der Waals surface area contributed by atoms with E-state index in [1.54, 1.807) is 0 Å². The van der Waals surface area contributed by atoms with Gasteiger partial charge in [-0.1, -0.05) is 82.2 Å². The monoisotopic (exact) mass is 286 g/mol. The molecule has 0 saturated carbocycles. The molecule has 1 unspecified atom stereocenters. The number of hydrogen-bond acceptors (Lipinski definition) is 1. The van der Waals surface area contributed by atoms with Crippen molar-refractivity contribution in [2.24, 2.45) is 5.92 Å². The van der Waals surface area contributed by atoms with Crippen LogP contribution in [-0.4, -0.2) is 5.78 Å². The molecular weight excluding hydrogens is 256 g/mol. The molecule has 0 bridgehead atoms. The molecule has 0 aromatic heterocycles. The molecule has 21 heavy (non-hydrogen) atoms. The lowest BCUT2D eigenvalue weighted by Gasteiger charge is -2.09. The summed E-state index contributed by atoms with van der Waals surface area (Å²) >= 11 is 0. The van der Waals surface area contributed by atoms with Crippen LogP contribution in [0.1, 0.15) is 64.7 Å². The van der Waals surface area contributed by atoms with Crippen LogP contribution in [0.5, 0.6) is 0 Å². The van der Waals surface area contributed by atoms with Crippen molar-refractivity contribution in [3.05, 3.63) is 59.2 Å². The molecule has 0 spiro atoms. The molecule has 1 atom stereocenters. The van der Waals surface area contributed by atoms with Crippen LogP contribution in [0.15, 0.2) is 53.6 Å². The third kappa shape index (κ3) is 7.08. The molecule has 0 aliphatic carbocycles. The van der Waals surface area contributed by atoms with E-state index in [1.807, 2.05) is 57.2 Å². The SMILES string of the molecule is CC.CCCC(C)/C(C)=C/C=C(\C)C(=O)c1ccccc1. The lowest BCUT2D eigenvalue weighted by atomic mass is 9.96. The average Bonchev–Trinajstić information content (AvgIpc) is 2.54. The van der Waals surface area contributed by atoms with Gasteiger partial charge in [-0.05, 0) is 31.8 Å². The molecule has 116 valence electrons. The van der Waals surface area contributed by atoms with Crippen LogP contribution in [0.25, 0.3) is 0 Å². The molecule has 1 rings (SSSR count). The summed E-state index contributed by atoms with van der Waals surface area (Å²) in [7, 11) is 0. The summed E-state index contributed by atoms with van der Waals surface area (Å²) in [6.07, 6.45) is 6.41. The molecular formula is C20H30O. The van der Waals surface area contributed by atoms with Gasteiger partial charge >= 0.3 is 0 Å². The van der Waals surface area contributed by atoms with Gasteiger partial charge in [0.15, 0.2) is 5.78 Å². The minimum absolute atomic E-state index is 0.104. The summed E-state index contributed by atoms with van der Waals surface area (Å²) in [5.74, 6) is 0.689. The number of carbonyl (C=O) groups is 1. The van der Waals surface area contributed by atoms with Crippen LogP contribution in [-0.2, 0) is 0 Å². The quantitative estimate of drug-likeness (QED) is 0.344. The maximum atomic E-state index is 12.2. The van der Waals surface area contributed by atoms with E-state index in [0.29, 0.717) is 5.92 Å². The molecule has 1 aromatic rings. The summed E-state index contributed by atoms with van der Waals surface area (Å²) in [6, 6.07) is 9.42. The highest BCUT2D eigenvalue weighted by atomic mass is 16.1. The summed E-state index contributed by atoms with van der Waals surface area (Å²) < 4.78 is 0. The van der Waals surface area contributed by atoms with E-state index in [4.69, 9.17) is 0 Å². The second-order valence-corrected chi connectivity index (χ2v) is 5.15. The third-order valence-electron chi connectivity index (χ3n) is 3.49. The third-order valence-corrected chi connectivity index (χ3v) is 3.49. The fraction of sp³-hybridized carbons (Fsp3) is 0.450. The van der Waals surface area contributed by atoms with Crippen molar-refractivity contribution >= 4 is 5.78 Å². The van der Waals surface area contributed by atoms with E-state index < -0.39 is 0 Å². The van der Waals surface area contributed by atoms with Crippen LogP contribution < -0.4 is 0 Å². The number of hydrogen-bond donors (Lipinski definition) is 0. The van der Waals surface area contributed by atoms with Gasteiger partial charge in [-0.15, -0.1) is 0 Å². The van der Waals surface area contributed by atoms with E-state index in [0.717, 1.165) is 11.1 Å². The molecule has 1 heteroatoms. The van der Waals surface area contributed by atoms with E-state index >= 15 is 0 Å². The van der Waals surface area contributed by atoms with Crippen LogP contribution in [0, 0.1) is 5.92 Å². The van der Waals surface area contributed by atoms with Gasteiger partial charge < -0.3 is 0 Å². The topological polar surface area (TPSA) is 17.1 Å². The zero-order valence-electron chi connectivity index (χ0n) is 14.4. The Morgan fingerprint density at radius 3 is 2.19 bits per heavy atom. The van der Waals surface area contributed by atoms with Crippen LogP contribution in [0.4, 0.5) is 0 Å². The largest absolute Gasteiger partial charge is 0.289 e. The van der Waals surface area contributed by atoms with Gasteiger partial charge in [-0.25, -0.2) is 0 Å². The second kappa shape index (κ2) is 11.1. The maximum absolute atomic E-state index is 12.2. The zero-order chi connectivity index (χ0) is 16.3. The van der Waals surface area contributed by atoms with Gasteiger partial charge in [-0.3, -0.25) is 4.79 Å². The van der Waals surface area contributed by atoms with Gasteiger partial charge in [0.2, 0.25) is 0 Å². The van der Waals surface area contributed by atoms with Crippen molar-refractivity contribution in [1.29, 1.82) is 0 Å². The summed E-state index contributed by atoms with van der Waals surface area (Å²) in [5.41, 5.74) is 2.88. The minimum atomic E-state index is 0.104. The lowest BCUT2D eigenvalue weighted by molar-refractivity contribution is 0.103. The predicted octanol–water partition coefficient (Wildman–Crippen LogP) is 6.22. The predicted molar refractivity (Wildman–Crippen MR) is 93.7 cm³/mol. The first-order valence-electron chi connectivity index (χ1n) is 8.01. The van der Waals surface area contributed by atoms with Gasteiger partial charge in [0.05, 0.1) is 0 Å². The van der Waals surface area contributed by atoms with Crippen molar-refractivity contribution in [3.8, 4) is 0 Å². The summed E-state index contributed by atoms with van der Waals surface area (Å²) in [4.78, 5) is 12.2. The van der Waals surface area contributed by atoms with E-state index in [1.165, 1.54) is 18.4 Å². The van der Waals surface area contributed by atoms with Crippen LogP contribution >= 0.6 is 0 Å². The van der Waals surface area contributed by atoms with Crippen molar-refractivity contribution in [1.82, 2.24) is 0 Å². The second-order valence-electron chi connectivity index (χ2n) is 5.15. The molecule has 1 aromatic carbocycles.